The molecular weight excluding hydrogens is 330 g/mol. The standard InChI is InChI=1S/C20H19N3OS/c1-2-14-6-3-7-15(12-14)22-19-18-17(9-4-10-21-18)20(24)23(19)13-16-8-5-11-25-16/h3-12,19,22H,2,13H2,1H3/t19-/m1/s1. The topological polar surface area (TPSA) is 45.2 Å². The second-order valence-electron chi connectivity index (χ2n) is 6.05. The van der Waals surface area contributed by atoms with Gasteiger partial charge in [0.05, 0.1) is 17.8 Å². The van der Waals surface area contributed by atoms with E-state index in [2.05, 4.69) is 35.4 Å². The van der Waals surface area contributed by atoms with Gasteiger partial charge < -0.3 is 10.2 Å². The summed E-state index contributed by atoms with van der Waals surface area (Å²) in [6.45, 7) is 2.72. The van der Waals surface area contributed by atoms with Gasteiger partial charge in [-0.25, -0.2) is 0 Å². The summed E-state index contributed by atoms with van der Waals surface area (Å²) in [5.41, 5.74) is 3.75. The lowest BCUT2D eigenvalue weighted by atomic mass is 10.1. The van der Waals surface area contributed by atoms with E-state index in [1.165, 1.54) is 5.56 Å². The van der Waals surface area contributed by atoms with Crippen LogP contribution in [0.5, 0.6) is 0 Å². The minimum atomic E-state index is -0.252. The molecule has 0 fully saturated rings. The molecule has 3 aromatic rings. The number of hydrogen-bond donors (Lipinski definition) is 1. The Kier molecular flexibility index (Phi) is 4.24. The maximum Gasteiger partial charge on any atom is 0.258 e. The van der Waals surface area contributed by atoms with Crippen LogP contribution in [0.4, 0.5) is 5.69 Å². The summed E-state index contributed by atoms with van der Waals surface area (Å²) in [6.07, 6.45) is 2.48. The number of hydrogen-bond acceptors (Lipinski definition) is 4. The predicted octanol–water partition coefficient (Wildman–Crippen LogP) is 4.47. The molecule has 4 nitrogen and oxygen atoms in total. The number of pyridine rings is 1. The number of anilines is 1. The summed E-state index contributed by atoms with van der Waals surface area (Å²) in [6, 6.07) is 16.1. The number of fused-ring (bicyclic) bond motifs is 1. The summed E-state index contributed by atoms with van der Waals surface area (Å²) in [5, 5.41) is 5.55. The molecule has 1 amide bonds. The van der Waals surface area contributed by atoms with Gasteiger partial charge in [-0.2, -0.15) is 0 Å². The third-order valence-electron chi connectivity index (χ3n) is 4.45. The minimum Gasteiger partial charge on any atom is -0.360 e. The third kappa shape index (κ3) is 3.03. The number of aromatic nitrogens is 1. The van der Waals surface area contributed by atoms with E-state index >= 15 is 0 Å². The molecule has 2 aromatic heterocycles. The molecule has 1 atom stereocenters. The lowest BCUT2D eigenvalue weighted by Gasteiger charge is -2.26. The molecule has 0 bridgehead atoms. The van der Waals surface area contributed by atoms with Crippen LogP contribution in [-0.4, -0.2) is 15.8 Å². The van der Waals surface area contributed by atoms with E-state index in [0.29, 0.717) is 12.1 Å². The zero-order chi connectivity index (χ0) is 17.2. The molecule has 3 heterocycles. The van der Waals surface area contributed by atoms with Crippen LogP contribution in [-0.2, 0) is 13.0 Å². The fourth-order valence-corrected chi connectivity index (χ4v) is 3.86. The van der Waals surface area contributed by atoms with Crippen molar-refractivity contribution in [2.24, 2.45) is 0 Å². The lowest BCUT2D eigenvalue weighted by molar-refractivity contribution is 0.0729. The molecule has 1 aromatic carbocycles. The van der Waals surface area contributed by atoms with Gasteiger partial charge in [0, 0.05) is 16.8 Å². The van der Waals surface area contributed by atoms with Crippen LogP contribution < -0.4 is 5.32 Å². The average Bonchev–Trinajstić information content (AvgIpc) is 3.25. The average molecular weight is 349 g/mol. The highest BCUT2D eigenvalue weighted by molar-refractivity contribution is 7.09. The van der Waals surface area contributed by atoms with Crippen molar-refractivity contribution in [1.29, 1.82) is 0 Å². The van der Waals surface area contributed by atoms with E-state index in [4.69, 9.17) is 0 Å². The Labute approximate surface area is 151 Å². The van der Waals surface area contributed by atoms with Crippen LogP contribution in [0.1, 0.15) is 39.6 Å². The molecule has 0 spiro atoms. The van der Waals surface area contributed by atoms with Crippen molar-refractivity contribution in [3.63, 3.8) is 0 Å². The lowest BCUT2D eigenvalue weighted by Crippen LogP contribution is -2.31. The first-order chi connectivity index (χ1) is 12.3. The van der Waals surface area contributed by atoms with Crippen molar-refractivity contribution in [3.05, 3.63) is 81.8 Å². The maximum absolute atomic E-state index is 12.9. The van der Waals surface area contributed by atoms with E-state index in [1.807, 2.05) is 40.6 Å². The summed E-state index contributed by atoms with van der Waals surface area (Å²) < 4.78 is 0. The van der Waals surface area contributed by atoms with Crippen molar-refractivity contribution in [2.75, 3.05) is 5.32 Å². The Morgan fingerprint density at radius 2 is 2.12 bits per heavy atom. The SMILES string of the molecule is CCc1cccc(N[C@H]2c3ncccc3C(=O)N2Cc2cccs2)c1. The molecule has 25 heavy (non-hydrogen) atoms. The van der Waals surface area contributed by atoms with Crippen LogP contribution >= 0.6 is 11.3 Å². The second kappa shape index (κ2) is 6.69. The van der Waals surface area contributed by atoms with Crippen LogP contribution in [0.2, 0.25) is 0 Å². The van der Waals surface area contributed by atoms with Gasteiger partial charge in [0.15, 0.2) is 0 Å². The number of carbonyl (C=O) groups is 1. The molecule has 0 saturated carbocycles. The first-order valence-corrected chi connectivity index (χ1v) is 9.28. The first-order valence-electron chi connectivity index (χ1n) is 8.40. The molecule has 1 aliphatic heterocycles. The Morgan fingerprint density at radius 1 is 1.20 bits per heavy atom. The monoisotopic (exact) mass is 349 g/mol. The van der Waals surface area contributed by atoms with Gasteiger partial charge >= 0.3 is 0 Å². The number of carbonyl (C=O) groups excluding carboxylic acids is 1. The van der Waals surface area contributed by atoms with E-state index < -0.39 is 0 Å². The molecule has 126 valence electrons. The Balaban J connectivity index is 1.68. The van der Waals surface area contributed by atoms with Crippen LogP contribution in [0, 0.1) is 0 Å². The molecular formula is C20H19N3OS. The number of nitrogens with one attached hydrogen (secondary N) is 1. The first kappa shape index (κ1) is 15.8. The number of benzene rings is 1. The highest BCUT2D eigenvalue weighted by atomic mass is 32.1. The van der Waals surface area contributed by atoms with Gasteiger partial charge in [-0.1, -0.05) is 25.1 Å². The molecule has 0 saturated heterocycles. The number of nitrogens with zero attached hydrogens (tertiary/aromatic N) is 2. The molecule has 0 unspecified atom stereocenters. The van der Waals surface area contributed by atoms with Gasteiger partial charge in [-0.15, -0.1) is 11.3 Å². The highest BCUT2D eigenvalue weighted by Gasteiger charge is 2.38. The van der Waals surface area contributed by atoms with Crippen molar-refractivity contribution in [1.82, 2.24) is 9.88 Å². The molecule has 0 radical (unpaired) electrons. The maximum atomic E-state index is 12.9. The van der Waals surface area contributed by atoms with Crippen LogP contribution in [0.3, 0.4) is 0 Å². The van der Waals surface area contributed by atoms with E-state index in [1.54, 1.807) is 17.5 Å². The van der Waals surface area contributed by atoms with E-state index in [9.17, 15) is 4.79 Å². The summed E-state index contributed by atoms with van der Waals surface area (Å²) in [5.74, 6) is 0.0284. The number of aryl methyl sites for hydroxylation is 1. The zero-order valence-corrected chi connectivity index (χ0v) is 14.8. The Bertz CT molecular complexity index is 891. The van der Waals surface area contributed by atoms with Crippen molar-refractivity contribution in [3.8, 4) is 0 Å². The Hall–Kier alpha value is -2.66. The molecule has 4 rings (SSSR count). The fraction of sp³-hybridized carbons (Fsp3) is 0.200. The molecule has 1 N–H and O–H groups in total. The quantitative estimate of drug-likeness (QED) is 0.739. The number of rotatable bonds is 5. The van der Waals surface area contributed by atoms with Crippen molar-refractivity contribution in [2.45, 2.75) is 26.1 Å². The van der Waals surface area contributed by atoms with E-state index in [0.717, 1.165) is 22.7 Å². The number of thiophene rings is 1. The number of amides is 1. The summed E-state index contributed by atoms with van der Waals surface area (Å²) in [4.78, 5) is 20.4. The molecule has 5 heteroatoms. The van der Waals surface area contributed by atoms with Gasteiger partial charge in [0.2, 0.25) is 0 Å². The van der Waals surface area contributed by atoms with Crippen LogP contribution in [0.15, 0.2) is 60.1 Å². The van der Waals surface area contributed by atoms with Crippen molar-refractivity contribution >= 4 is 22.9 Å². The molecule has 0 aliphatic carbocycles. The van der Waals surface area contributed by atoms with Gasteiger partial charge in [-0.05, 0) is 47.7 Å². The predicted molar refractivity (Wildman–Crippen MR) is 101 cm³/mol. The minimum absolute atomic E-state index is 0.0284. The van der Waals surface area contributed by atoms with Gasteiger partial charge in [0.25, 0.3) is 5.91 Å². The smallest absolute Gasteiger partial charge is 0.258 e. The van der Waals surface area contributed by atoms with Gasteiger partial charge in [0.1, 0.15) is 6.17 Å². The zero-order valence-electron chi connectivity index (χ0n) is 14.0. The Morgan fingerprint density at radius 3 is 2.92 bits per heavy atom. The largest absolute Gasteiger partial charge is 0.360 e. The van der Waals surface area contributed by atoms with Crippen molar-refractivity contribution < 1.29 is 4.79 Å². The second-order valence-corrected chi connectivity index (χ2v) is 7.08. The van der Waals surface area contributed by atoms with Crippen LogP contribution in [0.25, 0.3) is 0 Å². The highest BCUT2D eigenvalue weighted by Crippen LogP contribution is 2.34. The normalized spacial score (nSPS) is 16.1. The molecule has 1 aliphatic rings. The summed E-state index contributed by atoms with van der Waals surface area (Å²) >= 11 is 1.66. The van der Waals surface area contributed by atoms with E-state index in [-0.39, 0.29) is 12.1 Å². The summed E-state index contributed by atoms with van der Waals surface area (Å²) in [7, 11) is 0. The fourth-order valence-electron chi connectivity index (χ4n) is 3.15. The van der Waals surface area contributed by atoms with Gasteiger partial charge in [-0.3, -0.25) is 9.78 Å². The third-order valence-corrected chi connectivity index (χ3v) is 5.31.